The molecule has 0 saturated heterocycles. The highest BCUT2D eigenvalue weighted by atomic mass is 14.5. The van der Waals surface area contributed by atoms with E-state index >= 15 is 0 Å². The van der Waals surface area contributed by atoms with Gasteiger partial charge in [-0.1, -0.05) is 178 Å². The zero-order chi connectivity index (χ0) is 36.0. The molecule has 0 fully saturated rings. The largest absolute Gasteiger partial charge is 0.0839 e. The summed E-state index contributed by atoms with van der Waals surface area (Å²) in [5, 5.41) is 0. The summed E-state index contributed by atoms with van der Waals surface area (Å²) < 4.78 is 0. The molecule has 54 heavy (non-hydrogen) atoms. The van der Waals surface area contributed by atoms with Gasteiger partial charge in [-0.25, -0.2) is 0 Å². The molecule has 11 rings (SSSR count). The molecule has 0 amide bonds. The highest BCUT2D eigenvalue weighted by Gasteiger charge is 2.52. The summed E-state index contributed by atoms with van der Waals surface area (Å²) in [6, 6.07) is 46.3. The van der Waals surface area contributed by atoms with Gasteiger partial charge < -0.3 is 0 Å². The number of hydrogen-bond acceptors (Lipinski definition) is 0. The lowest BCUT2D eigenvalue weighted by molar-refractivity contribution is 0.336. The first-order valence-corrected chi connectivity index (χ1v) is 20.2. The van der Waals surface area contributed by atoms with Crippen molar-refractivity contribution >= 4 is 5.57 Å². The van der Waals surface area contributed by atoms with Crippen molar-refractivity contribution in [3.8, 4) is 22.3 Å². The van der Waals surface area contributed by atoms with Crippen LogP contribution in [-0.2, 0) is 5.41 Å². The Balaban J connectivity index is 1.09. The number of rotatable bonds is 5. The van der Waals surface area contributed by atoms with Crippen LogP contribution in [0.25, 0.3) is 27.8 Å². The topological polar surface area (TPSA) is 0 Å². The Morgan fingerprint density at radius 3 is 2.04 bits per heavy atom. The van der Waals surface area contributed by atoms with Crippen molar-refractivity contribution in [2.45, 2.75) is 57.3 Å². The second-order valence-corrected chi connectivity index (χ2v) is 17.0. The standard InChI is InChI=1S/C54H46/c1-53(2)46-25-10-9-24-43(46)52-39(20-15-29-51(52)53)34-44(37-19-14-18-36(32-37)35-16-4-3-5-17-35)38-30-31-50-45(33-38)42-23-8-13-28-49(42)54(50)47-26-11-6-21-40(47)41-22-7-12-27-48(41)54/h3-13,15-17,19,21-24,26-33,39,44,46H,14,18,20,25,34H2,1-2H3. The van der Waals surface area contributed by atoms with Gasteiger partial charge in [0.15, 0.2) is 0 Å². The fourth-order valence-corrected chi connectivity index (χ4v) is 11.7. The van der Waals surface area contributed by atoms with Gasteiger partial charge in [-0.05, 0) is 133 Å². The Morgan fingerprint density at radius 1 is 0.667 bits per heavy atom. The Kier molecular flexibility index (Phi) is 7.13. The number of fused-ring (bicyclic) bond motifs is 12. The van der Waals surface area contributed by atoms with E-state index in [0.717, 1.165) is 32.1 Å². The van der Waals surface area contributed by atoms with Crippen molar-refractivity contribution in [2.24, 2.45) is 17.3 Å². The molecule has 0 saturated carbocycles. The van der Waals surface area contributed by atoms with Gasteiger partial charge in [0, 0.05) is 5.92 Å². The van der Waals surface area contributed by atoms with Crippen LogP contribution in [0.2, 0.25) is 0 Å². The van der Waals surface area contributed by atoms with Crippen LogP contribution in [0, 0.1) is 17.3 Å². The minimum Gasteiger partial charge on any atom is -0.0839 e. The maximum Gasteiger partial charge on any atom is 0.0725 e. The highest BCUT2D eigenvalue weighted by Crippen LogP contribution is 2.63. The normalized spacial score (nSPS) is 22.4. The smallest absolute Gasteiger partial charge is 0.0725 e. The van der Waals surface area contributed by atoms with Gasteiger partial charge in [0.05, 0.1) is 5.41 Å². The number of hydrogen-bond donors (Lipinski definition) is 0. The SMILES string of the molecule is CC1(C)C2=C(C3=CC=CCC31)C(CC(C1=CCCC(c3ccccc3)=C1)c1ccc3c(c1)-c1ccccc1C31c3ccccc3-c3ccccc31)CC=C2. The summed E-state index contributed by atoms with van der Waals surface area (Å²) in [6.45, 7) is 4.98. The lowest BCUT2D eigenvalue weighted by Gasteiger charge is -2.32. The van der Waals surface area contributed by atoms with Crippen molar-refractivity contribution in [3.05, 3.63) is 220 Å². The Hall–Kier alpha value is -5.46. The second-order valence-electron chi connectivity index (χ2n) is 17.0. The van der Waals surface area contributed by atoms with E-state index in [-0.39, 0.29) is 16.7 Å². The minimum absolute atomic E-state index is 0.153. The molecule has 0 aromatic heterocycles. The maximum absolute atomic E-state index is 2.61. The molecule has 0 bridgehead atoms. The highest BCUT2D eigenvalue weighted by molar-refractivity contribution is 5.95. The molecule has 262 valence electrons. The summed E-state index contributed by atoms with van der Waals surface area (Å²) in [5.41, 5.74) is 21.6. The predicted octanol–water partition coefficient (Wildman–Crippen LogP) is 13.7. The molecule has 6 aliphatic carbocycles. The molecule has 0 radical (unpaired) electrons. The second kappa shape index (κ2) is 12.0. The van der Waals surface area contributed by atoms with E-state index in [0.29, 0.717) is 11.8 Å². The first-order valence-electron chi connectivity index (χ1n) is 20.2. The maximum atomic E-state index is 2.61. The monoisotopic (exact) mass is 694 g/mol. The molecule has 0 heterocycles. The van der Waals surface area contributed by atoms with E-state index in [9.17, 15) is 0 Å². The Bertz CT molecular complexity index is 2510. The van der Waals surface area contributed by atoms with Crippen molar-refractivity contribution in [2.75, 3.05) is 0 Å². The van der Waals surface area contributed by atoms with Crippen LogP contribution in [0.3, 0.4) is 0 Å². The first-order chi connectivity index (χ1) is 26.5. The molecular formula is C54H46. The zero-order valence-corrected chi connectivity index (χ0v) is 31.4. The molecule has 3 unspecified atom stereocenters. The van der Waals surface area contributed by atoms with Crippen molar-refractivity contribution in [1.29, 1.82) is 0 Å². The predicted molar refractivity (Wildman–Crippen MR) is 225 cm³/mol. The van der Waals surface area contributed by atoms with Gasteiger partial charge >= 0.3 is 0 Å². The van der Waals surface area contributed by atoms with Gasteiger partial charge in [0.2, 0.25) is 0 Å². The number of allylic oxidation sites excluding steroid dienone is 12. The average Bonchev–Trinajstić information content (AvgIpc) is 3.79. The van der Waals surface area contributed by atoms with Crippen molar-refractivity contribution in [3.63, 3.8) is 0 Å². The van der Waals surface area contributed by atoms with E-state index in [1.165, 1.54) is 66.8 Å². The Labute approximate surface area is 320 Å². The molecule has 5 aromatic rings. The van der Waals surface area contributed by atoms with E-state index < -0.39 is 0 Å². The van der Waals surface area contributed by atoms with Crippen LogP contribution in [0.4, 0.5) is 0 Å². The van der Waals surface area contributed by atoms with Gasteiger partial charge in [-0.2, -0.15) is 0 Å². The summed E-state index contributed by atoms with van der Waals surface area (Å²) >= 11 is 0. The average molecular weight is 695 g/mol. The molecule has 1 spiro atoms. The molecule has 0 N–H and O–H groups in total. The molecule has 0 nitrogen and oxygen atoms in total. The summed E-state index contributed by atoms with van der Waals surface area (Å²) in [5.74, 6) is 1.33. The quantitative estimate of drug-likeness (QED) is 0.168. The fourth-order valence-electron chi connectivity index (χ4n) is 11.7. The molecule has 6 aliphatic rings. The van der Waals surface area contributed by atoms with Crippen LogP contribution in [0.1, 0.15) is 85.3 Å². The van der Waals surface area contributed by atoms with Crippen LogP contribution in [0.15, 0.2) is 186 Å². The lowest BCUT2D eigenvalue weighted by Crippen LogP contribution is -2.25. The van der Waals surface area contributed by atoms with Gasteiger partial charge in [-0.3, -0.25) is 0 Å². The third-order valence-electron chi connectivity index (χ3n) is 14.1. The third-order valence-corrected chi connectivity index (χ3v) is 14.1. The van der Waals surface area contributed by atoms with Crippen LogP contribution < -0.4 is 0 Å². The lowest BCUT2D eigenvalue weighted by atomic mass is 9.70. The summed E-state index contributed by atoms with van der Waals surface area (Å²) in [4.78, 5) is 0. The summed E-state index contributed by atoms with van der Waals surface area (Å²) in [7, 11) is 0. The zero-order valence-electron chi connectivity index (χ0n) is 31.4. The molecule has 0 heteroatoms. The third kappa shape index (κ3) is 4.43. The molecule has 0 aliphatic heterocycles. The van der Waals surface area contributed by atoms with Gasteiger partial charge in [0.25, 0.3) is 0 Å². The minimum atomic E-state index is -0.309. The first kappa shape index (κ1) is 32.0. The van der Waals surface area contributed by atoms with E-state index in [1.54, 1.807) is 16.7 Å². The van der Waals surface area contributed by atoms with Crippen molar-refractivity contribution in [1.82, 2.24) is 0 Å². The summed E-state index contributed by atoms with van der Waals surface area (Å²) in [6.07, 6.45) is 22.8. The van der Waals surface area contributed by atoms with Gasteiger partial charge in [-0.15, -0.1) is 0 Å². The van der Waals surface area contributed by atoms with Gasteiger partial charge in [0.1, 0.15) is 0 Å². The Morgan fingerprint density at radius 2 is 1.31 bits per heavy atom. The van der Waals surface area contributed by atoms with Crippen LogP contribution in [0.5, 0.6) is 0 Å². The molecule has 5 aromatic carbocycles. The van der Waals surface area contributed by atoms with E-state index in [1.807, 2.05) is 0 Å². The van der Waals surface area contributed by atoms with Crippen LogP contribution in [-0.4, -0.2) is 0 Å². The van der Waals surface area contributed by atoms with E-state index in [4.69, 9.17) is 0 Å². The molecular weight excluding hydrogens is 649 g/mol. The van der Waals surface area contributed by atoms with Crippen molar-refractivity contribution < 1.29 is 0 Å². The van der Waals surface area contributed by atoms with Crippen LogP contribution >= 0.6 is 0 Å². The fraction of sp³-hybridized carbons (Fsp3) is 0.222. The van der Waals surface area contributed by atoms with E-state index in [2.05, 4.69) is 178 Å². The molecule has 3 atom stereocenters. The number of benzene rings is 5.